The lowest BCUT2D eigenvalue weighted by Gasteiger charge is -2.43. The molecular weight excluding hydrogens is 416 g/mol. The van der Waals surface area contributed by atoms with Gasteiger partial charge in [0.25, 0.3) is 11.5 Å². The lowest BCUT2D eigenvalue weighted by molar-refractivity contribution is 0.0958. The van der Waals surface area contributed by atoms with Gasteiger partial charge in [-0.3, -0.25) is 19.5 Å². The molecule has 2 aliphatic rings. The molecule has 1 saturated heterocycles. The zero-order valence-electron chi connectivity index (χ0n) is 19.4. The Hall–Kier alpha value is -3.26. The predicted molar refractivity (Wildman–Crippen MR) is 129 cm³/mol. The summed E-state index contributed by atoms with van der Waals surface area (Å²) in [6, 6.07) is 7.79. The van der Waals surface area contributed by atoms with Gasteiger partial charge in [0.2, 0.25) is 0 Å². The molecule has 0 radical (unpaired) electrons. The molecule has 33 heavy (non-hydrogen) atoms. The maximum absolute atomic E-state index is 12.2. The standard InChI is InChI=1S/C25H30N6O2/c1-4-18-12-20-21(29-23(18)32)11-17(13-27-20)14-31-10-9-30(15-25(31)7-8-25)22-6-5-19(24(33)26-3)28-16(22)2/h5-6,11-13H,4,7-10,14-15H2,1-3H3,(H,26,33)(H,29,32). The fourth-order valence-electron chi connectivity index (χ4n) is 4.96. The Balaban J connectivity index is 1.33. The molecule has 5 rings (SSSR count). The molecule has 1 amide bonds. The number of rotatable bonds is 5. The second kappa shape index (κ2) is 8.26. The highest BCUT2D eigenvalue weighted by Crippen LogP contribution is 2.46. The molecule has 1 saturated carbocycles. The van der Waals surface area contributed by atoms with Gasteiger partial charge in [-0.15, -0.1) is 0 Å². The summed E-state index contributed by atoms with van der Waals surface area (Å²) in [5.74, 6) is -0.163. The lowest BCUT2D eigenvalue weighted by atomic mass is 10.1. The number of aromatic amines is 1. The Morgan fingerprint density at radius 3 is 2.76 bits per heavy atom. The molecule has 2 fully saturated rings. The van der Waals surface area contributed by atoms with Gasteiger partial charge in [-0.2, -0.15) is 0 Å². The predicted octanol–water partition coefficient (Wildman–Crippen LogP) is 2.40. The largest absolute Gasteiger partial charge is 0.367 e. The van der Waals surface area contributed by atoms with Crippen molar-refractivity contribution >= 4 is 22.6 Å². The summed E-state index contributed by atoms with van der Waals surface area (Å²) >= 11 is 0. The van der Waals surface area contributed by atoms with E-state index in [1.807, 2.05) is 32.2 Å². The summed E-state index contributed by atoms with van der Waals surface area (Å²) < 4.78 is 0. The van der Waals surface area contributed by atoms with Gasteiger partial charge in [0.05, 0.1) is 22.4 Å². The lowest BCUT2D eigenvalue weighted by Crippen LogP contribution is -2.54. The van der Waals surface area contributed by atoms with Crippen LogP contribution in [0.1, 0.15) is 47.1 Å². The van der Waals surface area contributed by atoms with Crippen LogP contribution in [0.15, 0.2) is 35.3 Å². The molecule has 0 atom stereocenters. The third kappa shape index (κ3) is 3.99. The SMILES string of the molecule is CCc1cc2ncc(CN3CCN(c4ccc(C(=O)NC)nc4C)CC34CC4)cc2[nH]c1=O. The van der Waals surface area contributed by atoms with Gasteiger partial charge in [0, 0.05) is 50.5 Å². The van der Waals surface area contributed by atoms with Gasteiger partial charge in [-0.1, -0.05) is 6.92 Å². The first-order valence-electron chi connectivity index (χ1n) is 11.6. The van der Waals surface area contributed by atoms with Crippen molar-refractivity contribution in [2.75, 3.05) is 31.6 Å². The van der Waals surface area contributed by atoms with Gasteiger partial charge in [-0.05, 0) is 56.0 Å². The van der Waals surface area contributed by atoms with Crippen LogP contribution < -0.4 is 15.8 Å². The Morgan fingerprint density at radius 2 is 2.06 bits per heavy atom. The van der Waals surface area contributed by atoms with Crippen molar-refractivity contribution in [1.29, 1.82) is 0 Å². The molecule has 0 aromatic carbocycles. The van der Waals surface area contributed by atoms with Crippen LogP contribution >= 0.6 is 0 Å². The van der Waals surface area contributed by atoms with Gasteiger partial charge in [0.15, 0.2) is 0 Å². The topological polar surface area (TPSA) is 94.2 Å². The van der Waals surface area contributed by atoms with Crippen LogP contribution in [0.25, 0.3) is 11.0 Å². The van der Waals surface area contributed by atoms with Crippen LogP contribution in [0.2, 0.25) is 0 Å². The molecule has 1 spiro atoms. The van der Waals surface area contributed by atoms with E-state index in [0.29, 0.717) is 12.1 Å². The highest BCUT2D eigenvalue weighted by Gasteiger charge is 2.51. The van der Waals surface area contributed by atoms with Crippen LogP contribution in [0.5, 0.6) is 0 Å². The number of nitrogens with one attached hydrogen (secondary N) is 2. The Bertz CT molecular complexity index is 1280. The molecule has 0 bridgehead atoms. The monoisotopic (exact) mass is 446 g/mol. The van der Waals surface area contributed by atoms with Crippen molar-refractivity contribution in [1.82, 2.24) is 25.2 Å². The second-order valence-corrected chi connectivity index (χ2v) is 9.20. The smallest absolute Gasteiger partial charge is 0.269 e. The van der Waals surface area contributed by atoms with Gasteiger partial charge in [0.1, 0.15) is 5.69 Å². The minimum Gasteiger partial charge on any atom is -0.367 e. The molecule has 0 unspecified atom stereocenters. The average molecular weight is 447 g/mol. The molecule has 1 aliphatic heterocycles. The number of pyridine rings is 3. The maximum Gasteiger partial charge on any atom is 0.269 e. The summed E-state index contributed by atoms with van der Waals surface area (Å²) in [5, 5.41) is 2.63. The van der Waals surface area contributed by atoms with Crippen LogP contribution in [0, 0.1) is 6.92 Å². The summed E-state index contributed by atoms with van der Waals surface area (Å²) in [5.41, 5.74) is 6.10. The molecule has 8 nitrogen and oxygen atoms in total. The number of fused-ring (bicyclic) bond motifs is 1. The number of carbonyl (C=O) groups excluding carboxylic acids is 1. The maximum atomic E-state index is 12.2. The molecule has 1 aliphatic carbocycles. The zero-order valence-corrected chi connectivity index (χ0v) is 19.4. The quantitative estimate of drug-likeness (QED) is 0.625. The first-order chi connectivity index (χ1) is 15.9. The van der Waals surface area contributed by atoms with Crippen LogP contribution in [-0.4, -0.2) is 58.0 Å². The van der Waals surface area contributed by atoms with E-state index >= 15 is 0 Å². The zero-order chi connectivity index (χ0) is 23.2. The fourth-order valence-corrected chi connectivity index (χ4v) is 4.96. The number of hydrogen-bond acceptors (Lipinski definition) is 6. The number of anilines is 1. The van der Waals surface area contributed by atoms with Gasteiger partial charge < -0.3 is 15.2 Å². The van der Waals surface area contributed by atoms with Crippen molar-refractivity contribution in [3.63, 3.8) is 0 Å². The molecule has 3 aromatic heterocycles. The van der Waals surface area contributed by atoms with E-state index < -0.39 is 0 Å². The number of H-pyrrole nitrogens is 1. The number of aromatic nitrogens is 3. The van der Waals surface area contributed by atoms with E-state index in [-0.39, 0.29) is 17.0 Å². The van der Waals surface area contributed by atoms with Crippen molar-refractivity contribution in [3.05, 3.63) is 63.3 Å². The number of aryl methyl sites for hydroxylation is 2. The van der Waals surface area contributed by atoms with E-state index in [1.54, 1.807) is 13.1 Å². The number of piperazine rings is 1. The van der Waals surface area contributed by atoms with Crippen molar-refractivity contribution < 1.29 is 4.79 Å². The van der Waals surface area contributed by atoms with E-state index in [9.17, 15) is 9.59 Å². The summed E-state index contributed by atoms with van der Waals surface area (Å²) in [6.45, 7) is 7.57. The summed E-state index contributed by atoms with van der Waals surface area (Å²) in [7, 11) is 1.62. The van der Waals surface area contributed by atoms with Crippen LogP contribution in [0.4, 0.5) is 5.69 Å². The van der Waals surface area contributed by atoms with Crippen molar-refractivity contribution in [2.45, 2.75) is 45.2 Å². The van der Waals surface area contributed by atoms with Crippen LogP contribution in [-0.2, 0) is 13.0 Å². The van der Waals surface area contributed by atoms with E-state index in [1.165, 1.54) is 12.8 Å². The minimum atomic E-state index is -0.163. The Labute approximate surface area is 193 Å². The molecule has 8 heteroatoms. The fraction of sp³-hybridized carbons (Fsp3) is 0.440. The normalized spacial score (nSPS) is 17.5. The third-order valence-electron chi connectivity index (χ3n) is 7.06. The summed E-state index contributed by atoms with van der Waals surface area (Å²) in [6.07, 6.45) is 4.98. The van der Waals surface area contributed by atoms with Crippen molar-refractivity contribution in [2.24, 2.45) is 0 Å². The van der Waals surface area contributed by atoms with E-state index in [4.69, 9.17) is 0 Å². The minimum absolute atomic E-state index is 0.0253. The Kier molecular flexibility index (Phi) is 5.40. The summed E-state index contributed by atoms with van der Waals surface area (Å²) in [4.78, 5) is 41.2. The number of nitrogens with zero attached hydrogens (tertiary/aromatic N) is 4. The highest BCUT2D eigenvalue weighted by molar-refractivity contribution is 5.92. The highest BCUT2D eigenvalue weighted by atomic mass is 16.1. The molecular formula is C25H30N6O2. The second-order valence-electron chi connectivity index (χ2n) is 9.20. The van der Waals surface area contributed by atoms with E-state index in [2.05, 4.69) is 36.1 Å². The third-order valence-corrected chi connectivity index (χ3v) is 7.06. The number of carbonyl (C=O) groups is 1. The van der Waals surface area contributed by atoms with E-state index in [0.717, 1.165) is 59.7 Å². The molecule has 3 aromatic rings. The van der Waals surface area contributed by atoms with Crippen molar-refractivity contribution in [3.8, 4) is 0 Å². The first-order valence-corrected chi connectivity index (χ1v) is 11.6. The van der Waals surface area contributed by atoms with Gasteiger partial charge in [-0.25, -0.2) is 4.98 Å². The molecule has 2 N–H and O–H groups in total. The average Bonchev–Trinajstić information content (AvgIpc) is 3.59. The number of amides is 1. The van der Waals surface area contributed by atoms with Crippen LogP contribution in [0.3, 0.4) is 0 Å². The molecule has 4 heterocycles. The number of hydrogen-bond donors (Lipinski definition) is 2. The first kappa shape index (κ1) is 21.6. The molecule has 172 valence electrons. The van der Waals surface area contributed by atoms with Gasteiger partial charge >= 0.3 is 0 Å². The Morgan fingerprint density at radius 1 is 1.24 bits per heavy atom.